The first-order valence-electron chi connectivity index (χ1n) is 5.39. The van der Waals surface area contributed by atoms with E-state index in [0.717, 1.165) is 0 Å². The predicted octanol–water partition coefficient (Wildman–Crippen LogP) is 0.667. The quantitative estimate of drug-likeness (QED) is 0.701. The number of halogens is 1. The summed E-state index contributed by atoms with van der Waals surface area (Å²) in [4.78, 5) is 37.0. The molecule has 0 radical (unpaired) electrons. The van der Waals surface area contributed by atoms with E-state index in [1.54, 1.807) is 18.2 Å². The summed E-state index contributed by atoms with van der Waals surface area (Å²) in [6.45, 7) is 0. The van der Waals surface area contributed by atoms with E-state index in [2.05, 4.69) is 5.32 Å². The highest BCUT2D eigenvalue weighted by Gasteiger charge is 2.58. The van der Waals surface area contributed by atoms with Gasteiger partial charge >= 0.3 is 0 Å². The molecule has 0 bridgehead atoms. The van der Waals surface area contributed by atoms with E-state index in [0.29, 0.717) is 16.1 Å². The summed E-state index contributed by atoms with van der Waals surface area (Å²) in [6.07, 6.45) is -0.0542. The molecule has 92 valence electrons. The molecular formula is C12H9ClN2O3. The normalized spacial score (nSPS) is 25.9. The molecular weight excluding hydrogens is 256 g/mol. The molecule has 18 heavy (non-hydrogen) atoms. The maximum atomic E-state index is 12.1. The van der Waals surface area contributed by atoms with E-state index in [-0.39, 0.29) is 18.2 Å². The molecule has 0 aromatic heterocycles. The fourth-order valence-corrected chi connectivity index (χ4v) is 2.83. The lowest BCUT2D eigenvalue weighted by molar-refractivity contribution is -0.128. The number of hydrogen-bond acceptors (Lipinski definition) is 3. The van der Waals surface area contributed by atoms with Crippen molar-refractivity contribution in [2.75, 3.05) is 7.05 Å². The number of fused-ring (bicyclic) bond motifs is 2. The van der Waals surface area contributed by atoms with Crippen LogP contribution in [-0.2, 0) is 15.1 Å². The first-order valence-corrected chi connectivity index (χ1v) is 5.77. The number of hydrogen-bond donors (Lipinski definition) is 1. The molecule has 2 aliphatic heterocycles. The number of carbonyl (C=O) groups excluding carboxylic acids is 3. The van der Waals surface area contributed by atoms with Crippen LogP contribution in [0.2, 0.25) is 5.02 Å². The van der Waals surface area contributed by atoms with Crippen molar-refractivity contribution in [3.05, 3.63) is 34.3 Å². The standard InChI is InChI=1S/C12H9ClN2O3/c1-15-10(17)7-3-2-6(13)4-8(7)12(15)5-9(16)14-11(12)18/h2-4H,5H2,1H3,(H,14,16,18). The molecule has 5 nitrogen and oxygen atoms in total. The van der Waals surface area contributed by atoms with Crippen molar-refractivity contribution >= 4 is 29.3 Å². The molecule has 3 amide bonds. The van der Waals surface area contributed by atoms with E-state index in [1.165, 1.54) is 11.9 Å². The van der Waals surface area contributed by atoms with Crippen LogP contribution in [-0.4, -0.2) is 29.7 Å². The minimum absolute atomic E-state index is 0.0542. The summed E-state index contributed by atoms with van der Waals surface area (Å²) >= 11 is 5.92. The lowest BCUT2D eigenvalue weighted by Crippen LogP contribution is -2.46. The maximum absolute atomic E-state index is 12.1. The molecule has 1 aromatic rings. The summed E-state index contributed by atoms with van der Waals surface area (Å²) < 4.78 is 0. The number of amides is 3. The minimum atomic E-state index is -1.23. The highest BCUT2D eigenvalue weighted by molar-refractivity contribution is 6.31. The summed E-state index contributed by atoms with van der Waals surface area (Å²) in [5, 5.41) is 2.68. The Morgan fingerprint density at radius 1 is 1.33 bits per heavy atom. The van der Waals surface area contributed by atoms with Crippen molar-refractivity contribution in [3.63, 3.8) is 0 Å². The van der Waals surface area contributed by atoms with Crippen LogP contribution < -0.4 is 5.32 Å². The van der Waals surface area contributed by atoms with Crippen molar-refractivity contribution in [3.8, 4) is 0 Å². The van der Waals surface area contributed by atoms with Crippen molar-refractivity contribution in [1.29, 1.82) is 0 Å². The summed E-state index contributed by atoms with van der Waals surface area (Å²) in [5.41, 5.74) is -0.299. The second-order valence-corrected chi connectivity index (χ2v) is 4.90. The van der Waals surface area contributed by atoms with Gasteiger partial charge < -0.3 is 4.90 Å². The zero-order chi connectivity index (χ0) is 13.1. The van der Waals surface area contributed by atoms with Crippen LogP contribution in [0.3, 0.4) is 0 Å². The van der Waals surface area contributed by atoms with Crippen LogP contribution in [0.15, 0.2) is 18.2 Å². The molecule has 1 aromatic carbocycles. The molecule has 1 spiro atoms. The van der Waals surface area contributed by atoms with Gasteiger partial charge in [-0.3, -0.25) is 19.7 Å². The van der Waals surface area contributed by atoms with Crippen LogP contribution in [0.1, 0.15) is 22.3 Å². The van der Waals surface area contributed by atoms with Crippen LogP contribution in [0.25, 0.3) is 0 Å². The monoisotopic (exact) mass is 264 g/mol. The SMILES string of the molecule is CN1C(=O)c2ccc(Cl)cc2C12CC(=O)NC2=O. The van der Waals surface area contributed by atoms with E-state index < -0.39 is 11.4 Å². The Bertz CT molecular complexity index is 613. The number of benzene rings is 1. The van der Waals surface area contributed by atoms with Crippen LogP contribution in [0.5, 0.6) is 0 Å². The Labute approximate surface area is 108 Å². The number of likely N-dealkylation sites (N-methyl/N-ethyl adjacent to an activating group) is 1. The van der Waals surface area contributed by atoms with Gasteiger partial charge in [-0.15, -0.1) is 0 Å². The molecule has 1 atom stereocenters. The van der Waals surface area contributed by atoms with E-state index in [1.807, 2.05) is 0 Å². The smallest absolute Gasteiger partial charge is 0.257 e. The molecule has 2 aliphatic rings. The van der Waals surface area contributed by atoms with Gasteiger partial charge in [-0.2, -0.15) is 0 Å². The number of imide groups is 1. The zero-order valence-electron chi connectivity index (χ0n) is 9.49. The van der Waals surface area contributed by atoms with Gasteiger partial charge in [0.2, 0.25) is 5.91 Å². The third-order valence-corrected chi connectivity index (χ3v) is 3.81. The van der Waals surface area contributed by atoms with Gasteiger partial charge in [-0.25, -0.2) is 0 Å². The third kappa shape index (κ3) is 1.14. The summed E-state index contributed by atoms with van der Waals surface area (Å²) in [5.74, 6) is -1.12. The zero-order valence-corrected chi connectivity index (χ0v) is 10.2. The summed E-state index contributed by atoms with van der Waals surface area (Å²) in [7, 11) is 1.52. The van der Waals surface area contributed by atoms with Gasteiger partial charge in [0, 0.05) is 23.2 Å². The van der Waals surface area contributed by atoms with Crippen molar-refractivity contribution in [2.45, 2.75) is 12.0 Å². The number of carbonyl (C=O) groups is 3. The second kappa shape index (κ2) is 3.32. The highest BCUT2D eigenvalue weighted by atomic mass is 35.5. The van der Waals surface area contributed by atoms with Crippen molar-refractivity contribution < 1.29 is 14.4 Å². The molecule has 0 saturated carbocycles. The molecule has 2 heterocycles. The van der Waals surface area contributed by atoms with Crippen molar-refractivity contribution in [1.82, 2.24) is 10.2 Å². The predicted molar refractivity (Wildman–Crippen MR) is 63.0 cm³/mol. The van der Waals surface area contributed by atoms with Crippen molar-refractivity contribution in [2.24, 2.45) is 0 Å². The van der Waals surface area contributed by atoms with E-state index in [4.69, 9.17) is 11.6 Å². The van der Waals surface area contributed by atoms with E-state index >= 15 is 0 Å². The average molecular weight is 265 g/mol. The Balaban J connectivity index is 2.30. The Morgan fingerprint density at radius 2 is 2.06 bits per heavy atom. The fraction of sp³-hybridized carbons (Fsp3) is 0.250. The Hall–Kier alpha value is -1.88. The first kappa shape index (κ1) is 11.2. The molecule has 1 saturated heterocycles. The van der Waals surface area contributed by atoms with Gasteiger partial charge in [0.1, 0.15) is 0 Å². The van der Waals surface area contributed by atoms with Crippen LogP contribution in [0, 0.1) is 0 Å². The second-order valence-electron chi connectivity index (χ2n) is 4.47. The number of rotatable bonds is 0. The van der Waals surface area contributed by atoms with Gasteiger partial charge in [-0.1, -0.05) is 11.6 Å². The number of nitrogens with one attached hydrogen (secondary N) is 1. The fourth-order valence-electron chi connectivity index (χ4n) is 2.66. The molecule has 6 heteroatoms. The first-order chi connectivity index (χ1) is 8.46. The van der Waals surface area contributed by atoms with Gasteiger partial charge in [0.15, 0.2) is 5.54 Å². The van der Waals surface area contributed by atoms with E-state index in [9.17, 15) is 14.4 Å². The van der Waals surface area contributed by atoms with Crippen LogP contribution >= 0.6 is 11.6 Å². The molecule has 3 rings (SSSR count). The minimum Gasteiger partial charge on any atom is -0.323 e. The lowest BCUT2D eigenvalue weighted by atomic mass is 9.88. The lowest BCUT2D eigenvalue weighted by Gasteiger charge is -2.28. The van der Waals surface area contributed by atoms with Gasteiger partial charge in [0.25, 0.3) is 11.8 Å². The topological polar surface area (TPSA) is 66.5 Å². The van der Waals surface area contributed by atoms with Crippen LogP contribution in [0.4, 0.5) is 0 Å². The number of nitrogens with zero attached hydrogens (tertiary/aromatic N) is 1. The van der Waals surface area contributed by atoms with Gasteiger partial charge in [-0.05, 0) is 18.2 Å². The third-order valence-electron chi connectivity index (χ3n) is 3.58. The summed E-state index contributed by atoms with van der Waals surface area (Å²) in [6, 6.07) is 4.76. The molecule has 1 unspecified atom stereocenters. The molecule has 0 aliphatic carbocycles. The van der Waals surface area contributed by atoms with Gasteiger partial charge in [0.05, 0.1) is 6.42 Å². The average Bonchev–Trinajstić information content (AvgIpc) is 2.72. The Morgan fingerprint density at radius 3 is 2.67 bits per heavy atom. The highest BCUT2D eigenvalue weighted by Crippen LogP contribution is 2.44. The Kier molecular flexibility index (Phi) is 2.07. The molecule has 1 fully saturated rings. The largest absolute Gasteiger partial charge is 0.323 e. The molecule has 1 N–H and O–H groups in total. The maximum Gasteiger partial charge on any atom is 0.257 e.